The van der Waals surface area contributed by atoms with Crippen LogP contribution in [0.25, 0.3) is 0 Å². The SMILES string of the molecule is COc1ccc(OC[C@H]2O[C@H](O[C@@H]3[C@H](OCc4ccccc4)[C@@H](OCc4ccccc4)[C@@H](O[C@@H]4[C@H](OCc5ccccc5)[C@@H](OCc5ccccc5)[C@H](OCc5ccccc5)O[C@@H]4CO)O[C@@H]3COc3ccc(OC)cc3)[C@H](OCc3ccccc3)[C@@H](OCc3ccccc3)[C@H]2OCc2ccccc2)cc1. The van der Waals surface area contributed by atoms with Gasteiger partial charge in [-0.1, -0.05) is 243 Å². The fraction of sp³-hybridized carbons (Fsp3) is 0.318. The average molecular weight is 1440 g/mol. The first-order chi connectivity index (χ1) is 52.4. The second-order valence-electron chi connectivity index (χ2n) is 26.1. The van der Waals surface area contributed by atoms with Gasteiger partial charge in [-0.05, 0) is 93.0 Å². The number of aliphatic hydroxyl groups excluding tert-OH is 1. The van der Waals surface area contributed by atoms with Crippen LogP contribution >= 0.6 is 0 Å². The average Bonchev–Trinajstić information content (AvgIpc) is 0.760. The third-order valence-corrected chi connectivity index (χ3v) is 18.7. The number of hydrogen-bond acceptors (Lipinski definition) is 18. The summed E-state index contributed by atoms with van der Waals surface area (Å²) in [5, 5.41) is 11.9. The summed E-state index contributed by atoms with van der Waals surface area (Å²) in [6, 6.07) is 93.7. The Kier molecular flexibility index (Phi) is 27.9. The molecular formula is C88H92O18. The number of aliphatic hydroxyl groups is 1. The van der Waals surface area contributed by atoms with Gasteiger partial charge in [0.2, 0.25) is 0 Å². The van der Waals surface area contributed by atoms with Gasteiger partial charge in [0.15, 0.2) is 18.9 Å². The van der Waals surface area contributed by atoms with Gasteiger partial charge in [-0.2, -0.15) is 0 Å². The maximum absolute atomic E-state index is 11.9. The van der Waals surface area contributed by atoms with Crippen molar-refractivity contribution in [1.29, 1.82) is 0 Å². The molecule has 10 aromatic rings. The first-order valence-corrected chi connectivity index (χ1v) is 36.1. The fourth-order valence-corrected chi connectivity index (χ4v) is 13.2. The van der Waals surface area contributed by atoms with Gasteiger partial charge in [-0.15, -0.1) is 0 Å². The summed E-state index contributed by atoms with van der Waals surface area (Å²) >= 11 is 0. The van der Waals surface area contributed by atoms with E-state index >= 15 is 0 Å². The molecule has 13 rings (SSSR count). The molecule has 18 heteroatoms. The van der Waals surface area contributed by atoms with Crippen LogP contribution in [0.2, 0.25) is 0 Å². The highest BCUT2D eigenvalue weighted by atomic mass is 16.8. The molecule has 18 nitrogen and oxygen atoms in total. The van der Waals surface area contributed by atoms with E-state index in [9.17, 15) is 5.11 Å². The van der Waals surface area contributed by atoms with E-state index < -0.39 is 98.7 Å². The van der Waals surface area contributed by atoms with Gasteiger partial charge in [0.1, 0.15) is 109 Å². The van der Waals surface area contributed by atoms with Crippen molar-refractivity contribution in [2.24, 2.45) is 0 Å². The molecule has 10 aromatic carbocycles. The Labute approximate surface area is 620 Å². The molecule has 1 N–H and O–H groups in total. The molecule has 0 saturated carbocycles. The predicted octanol–water partition coefficient (Wildman–Crippen LogP) is 14.4. The molecule has 0 spiro atoms. The third-order valence-electron chi connectivity index (χ3n) is 18.7. The van der Waals surface area contributed by atoms with Crippen molar-refractivity contribution in [3.05, 3.63) is 336 Å². The first kappa shape index (κ1) is 75.1. The molecule has 3 aliphatic rings. The van der Waals surface area contributed by atoms with Crippen LogP contribution in [0.5, 0.6) is 23.0 Å². The molecule has 0 unspecified atom stereocenters. The van der Waals surface area contributed by atoms with E-state index in [1.165, 1.54) is 0 Å². The molecule has 0 radical (unpaired) electrons. The van der Waals surface area contributed by atoms with Crippen LogP contribution in [-0.4, -0.2) is 131 Å². The molecule has 552 valence electrons. The second-order valence-corrected chi connectivity index (χ2v) is 26.1. The Balaban J connectivity index is 0.938. The molecule has 0 aliphatic carbocycles. The summed E-state index contributed by atoms with van der Waals surface area (Å²) in [5.74, 6) is 2.37. The highest BCUT2D eigenvalue weighted by Crippen LogP contribution is 2.40. The van der Waals surface area contributed by atoms with Crippen molar-refractivity contribution in [1.82, 2.24) is 0 Å². The summed E-state index contributed by atoms with van der Waals surface area (Å²) in [4.78, 5) is 0. The van der Waals surface area contributed by atoms with E-state index in [0.717, 1.165) is 44.5 Å². The van der Waals surface area contributed by atoms with E-state index in [1.807, 2.05) is 291 Å². The Morgan fingerprint density at radius 2 is 0.462 bits per heavy atom. The van der Waals surface area contributed by atoms with Crippen LogP contribution < -0.4 is 18.9 Å². The van der Waals surface area contributed by atoms with Gasteiger partial charge in [-0.25, -0.2) is 0 Å². The minimum atomic E-state index is -1.38. The van der Waals surface area contributed by atoms with Gasteiger partial charge < -0.3 is 85.6 Å². The first-order valence-electron chi connectivity index (χ1n) is 36.1. The number of rotatable bonds is 37. The fourth-order valence-electron chi connectivity index (χ4n) is 13.2. The highest BCUT2D eigenvalue weighted by Gasteiger charge is 2.57. The summed E-state index contributed by atoms with van der Waals surface area (Å²) in [6.07, 6.45) is -16.3. The summed E-state index contributed by atoms with van der Waals surface area (Å²) < 4.78 is 120. The summed E-state index contributed by atoms with van der Waals surface area (Å²) in [7, 11) is 3.23. The lowest BCUT2D eigenvalue weighted by molar-refractivity contribution is -0.394. The quantitative estimate of drug-likeness (QED) is 0.0388. The molecule has 0 amide bonds. The highest BCUT2D eigenvalue weighted by molar-refractivity contribution is 5.33. The number of hydrogen-bond donors (Lipinski definition) is 1. The van der Waals surface area contributed by atoms with Gasteiger partial charge in [0.25, 0.3) is 0 Å². The molecule has 3 fully saturated rings. The molecule has 0 bridgehead atoms. The minimum Gasteiger partial charge on any atom is -0.497 e. The summed E-state index contributed by atoms with van der Waals surface area (Å²) in [5.41, 5.74) is 7.13. The predicted molar refractivity (Wildman–Crippen MR) is 396 cm³/mol. The Bertz CT molecular complexity index is 4070. The maximum Gasteiger partial charge on any atom is 0.187 e. The van der Waals surface area contributed by atoms with Crippen molar-refractivity contribution in [2.75, 3.05) is 34.0 Å². The standard InChI is InChI=1S/C88H92O18/c1-90-70-43-47-72(48-44-70)92-60-75-77(94-52-62-27-11-3-12-28-62)80(95-53-63-29-13-4-14-30-63)84(99-57-67-37-21-8-22-38-67)87(103-75)106-79-76(61-93-73-49-45-71(91-2)46-50-73)104-88(85(100-58-68-39-23-9-24-40-68)82(79)97-55-65-33-17-6-18-34-65)105-78-74(51-89)102-86(101-59-69-41-25-10-26-42-69)83(98-56-66-35-19-7-20-36-66)81(78)96-54-64-31-15-5-16-32-64/h3-50,74-89H,51-61H2,1-2H3/t74-,75-,76-,77+,78+,79+,80+,81+,82+,83-,84-,85-,86-,87-,88-/m1/s1. The molecule has 3 aliphatic heterocycles. The van der Waals surface area contributed by atoms with Crippen molar-refractivity contribution in [3.8, 4) is 23.0 Å². The lowest BCUT2D eigenvalue weighted by atomic mass is 9.95. The van der Waals surface area contributed by atoms with Gasteiger partial charge >= 0.3 is 0 Å². The number of benzene rings is 10. The zero-order valence-corrected chi connectivity index (χ0v) is 59.5. The van der Waals surface area contributed by atoms with E-state index in [0.29, 0.717) is 23.0 Å². The van der Waals surface area contributed by atoms with Gasteiger partial charge in [0, 0.05) is 0 Å². The molecule has 3 saturated heterocycles. The second kappa shape index (κ2) is 39.4. The van der Waals surface area contributed by atoms with E-state index in [1.54, 1.807) is 14.2 Å². The monoisotopic (exact) mass is 1440 g/mol. The zero-order chi connectivity index (χ0) is 72.3. The van der Waals surface area contributed by atoms with Crippen LogP contribution in [0.15, 0.2) is 291 Å². The van der Waals surface area contributed by atoms with E-state index in [-0.39, 0.29) is 66.1 Å². The van der Waals surface area contributed by atoms with Crippen LogP contribution in [0, 0.1) is 0 Å². The van der Waals surface area contributed by atoms with Crippen LogP contribution in [-0.2, 0) is 114 Å². The molecular weight excluding hydrogens is 1340 g/mol. The lowest BCUT2D eigenvalue weighted by Crippen LogP contribution is -2.68. The van der Waals surface area contributed by atoms with E-state index in [4.69, 9.17) is 80.5 Å². The molecule has 15 atom stereocenters. The van der Waals surface area contributed by atoms with Crippen molar-refractivity contribution in [3.63, 3.8) is 0 Å². The molecule has 3 heterocycles. The van der Waals surface area contributed by atoms with E-state index in [2.05, 4.69) is 0 Å². The zero-order valence-electron chi connectivity index (χ0n) is 59.5. The summed E-state index contributed by atoms with van der Waals surface area (Å²) in [6.45, 7) is 0.294. The van der Waals surface area contributed by atoms with Crippen LogP contribution in [0.1, 0.15) is 44.5 Å². The molecule has 106 heavy (non-hydrogen) atoms. The Morgan fingerprint density at radius 1 is 0.236 bits per heavy atom. The normalized spacial score (nSPS) is 24.4. The minimum absolute atomic E-state index is 0.0305. The number of methoxy groups -OCH3 is 2. The topological polar surface area (TPSA) is 177 Å². The third kappa shape index (κ3) is 21.1. The lowest BCUT2D eigenvalue weighted by Gasteiger charge is -2.51. The smallest absolute Gasteiger partial charge is 0.187 e. The van der Waals surface area contributed by atoms with Gasteiger partial charge in [0.05, 0.1) is 73.7 Å². The largest absolute Gasteiger partial charge is 0.497 e. The number of ether oxygens (including phenoxy) is 17. The van der Waals surface area contributed by atoms with Crippen LogP contribution in [0.4, 0.5) is 0 Å². The maximum atomic E-state index is 11.9. The Hall–Kier alpha value is -9.16. The van der Waals surface area contributed by atoms with Crippen molar-refractivity contribution >= 4 is 0 Å². The van der Waals surface area contributed by atoms with Crippen molar-refractivity contribution in [2.45, 2.75) is 145 Å². The Morgan fingerprint density at radius 3 is 0.755 bits per heavy atom. The van der Waals surface area contributed by atoms with Crippen LogP contribution in [0.3, 0.4) is 0 Å². The molecule has 0 aromatic heterocycles. The van der Waals surface area contributed by atoms with Gasteiger partial charge in [-0.3, -0.25) is 0 Å². The van der Waals surface area contributed by atoms with Crippen molar-refractivity contribution < 1.29 is 85.6 Å².